The van der Waals surface area contributed by atoms with Gasteiger partial charge in [-0.3, -0.25) is 9.59 Å². The van der Waals surface area contributed by atoms with Crippen molar-refractivity contribution in [3.63, 3.8) is 0 Å². The third-order valence-corrected chi connectivity index (χ3v) is 3.05. The van der Waals surface area contributed by atoms with Crippen molar-refractivity contribution in [3.8, 4) is 0 Å². The summed E-state index contributed by atoms with van der Waals surface area (Å²) in [7, 11) is 0. The first-order valence-corrected chi connectivity index (χ1v) is 7.84. The summed E-state index contributed by atoms with van der Waals surface area (Å²) in [6.45, 7) is 2.85. The first kappa shape index (κ1) is 23.5. The molecule has 1 amide bonds. The van der Waals surface area contributed by atoms with E-state index in [1.165, 1.54) is 19.9 Å². The molecule has 0 bridgehead atoms. The minimum atomic E-state index is -0.270. The summed E-state index contributed by atoms with van der Waals surface area (Å²) in [6, 6.07) is 18.2. The molecule has 0 atom stereocenters. The van der Waals surface area contributed by atoms with Crippen LogP contribution in [-0.4, -0.2) is 21.8 Å². The van der Waals surface area contributed by atoms with Crippen LogP contribution in [0.5, 0.6) is 0 Å². The Labute approximate surface area is 168 Å². The number of amides is 1. The number of aliphatic hydroxyl groups excluding tert-OH is 1. The van der Waals surface area contributed by atoms with E-state index in [4.69, 9.17) is 17.7 Å². The number of allylic oxidation sites excluding steroid dienone is 2. The van der Waals surface area contributed by atoms with Crippen molar-refractivity contribution in [2.75, 3.05) is 0 Å². The second-order valence-corrected chi connectivity index (χ2v) is 5.37. The van der Waals surface area contributed by atoms with Gasteiger partial charge in [-0.2, -0.15) is 0 Å². The molecule has 26 heavy (non-hydrogen) atoms. The molecule has 2 N–H and O–H groups in total. The van der Waals surface area contributed by atoms with Crippen molar-refractivity contribution in [2.45, 2.75) is 13.8 Å². The quantitative estimate of drug-likeness (QED) is 0.201. The number of hydrogen-bond donors (Lipinski definition) is 2. The molecule has 139 valence electrons. The van der Waals surface area contributed by atoms with Crippen LogP contribution in [0.4, 0.5) is 0 Å². The number of carbonyl (C=O) groups excluding carboxylic acids is 2. The van der Waals surface area contributed by atoms with Gasteiger partial charge in [-0.05, 0) is 31.5 Å². The fraction of sp³-hybridized carbons (Fsp3) is 0.105. The Bertz CT molecular complexity index is 759. The largest absolute Gasteiger partial charge is 0.758 e. The SMILES string of the molecule is CC(=O)/C=C(/C)O.O=C(N/N=C(\[S-])c1ccccc1)c1ccccc1.[Co]. The molecule has 2 rings (SSSR count). The second kappa shape index (κ2) is 12.8. The fourth-order valence-electron chi connectivity index (χ4n) is 1.70. The van der Waals surface area contributed by atoms with E-state index in [1.807, 2.05) is 36.4 Å². The van der Waals surface area contributed by atoms with Gasteiger partial charge in [0.05, 0.1) is 5.76 Å². The molecule has 0 heterocycles. The van der Waals surface area contributed by atoms with Crippen molar-refractivity contribution >= 4 is 29.4 Å². The Kier molecular flexibility index (Phi) is 11.6. The maximum absolute atomic E-state index is 11.7. The van der Waals surface area contributed by atoms with E-state index >= 15 is 0 Å². The van der Waals surface area contributed by atoms with E-state index < -0.39 is 0 Å². The van der Waals surface area contributed by atoms with Gasteiger partial charge in [0.1, 0.15) is 0 Å². The Morgan fingerprint density at radius 3 is 1.81 bits per heavy atom. The summed E-state index contributed by atoms with van der Waals surface area (Å²) in [5.74, 6) is -0.332. The predicted molar refractivity (Wildman–Crippen MR) is 101 cm³/mol. The van der Waals surface area contributed by atoms with E-state index in [0.717, 1.165) is 5.56 Å². The van der Waals surface area contributed by atoms with E-state index in [2.05, 4.69) is 10.5 Å². The molecule has 0 aliphatic carbocycles. The van der Waals surface area contributed by atoms with Gasteiger partial charge in [0.15, 0.2) is 5.78 Å². The zero-order valence-corrected chi connectivity index (χ0v) is 16.2. The normalized spacial score (nSPS) is 10.7. The molecule has 0 aromatic heterocycles. The van der Waals surface area contributed by atoms with Crippen molar-refractivity contribution in [2.24, 2.45) is 5.10 Å². The van der Waals surface area contributed by atoms with Crippen molar-refractivity contribution in [1.82, 2.24) is 5.43 Å². The van der Waals surface area contributed by atoms with Crippen molar-refractivity contribution < 1.29 is 31.5 Å². The van der Waals surface area contributed by atoms with Gasteiger partial charge < -0.3 is 17.7 Å². The zero-order valence-electron chi connectivity index (χ0n) is 14.3. The molecule has 7 heteroatoms. The molecule has 1 radical (unpaired) electrons. The number of nitrogens with zero attached hydrogens (tertiary/aromatic N) is 1. The van der Waals surface area contributed by atoms with Gasteiger partial charge >= 0.3 is 0 Å². The monoisotopic (exact) mass is 414 g/mol. The number of hydrazone groups is 1. The predicted octanol–water partition coefficient (Wildman–Crippen LogP) is 3.36. The maximum atomic E-state index is 11.7. The van der Waals surface area contributed by atoms with E-state index in [1.54, 1.807) is 24.3 Å². The topological polar surface area (TPSA) is 78.8 Å². The van der Waals surface area contributed by atoms with Gasteiger partial charge in [0.2, 0.25) is 0 Å². The van der Waals surface area contributed by atoms with Crippen LogP contribution >= 0.6 is 0 Å². The smallest absolute Gasteiger partial charge is 0.271 e. The van der Waals surface area contributed by atoms with E-state index in [0.29, 0.717) is 10.6 Å². The Morgan fingerprint density at radius 1 is 0.962 bits per heavy atom. The molecule has 0 aliphatic rings. The van der Waals surface area contributed by atoms with Crippen LogP contribution in [-0.2, 0) is 34.2 Å². The average Bonchev–Trinajstić information content (AvgIpc) is 2.60. The number of rotatable bonds is 4. The Hall–Kier alpha value is -2.48. The summed E-state index contributed by atoms with van der Waals surface area (Å²) in [6.07, 6.45) is 1.17. The van der Waals surface area contributed by atoms with Gasteiger partial charge in [-0.1, -0.05) is 53.6 Å². The first-order chi connectivity index (χ1) is 11.9. The first-order valence-electron chi connectivity index (χ1n) is 7.43. The molecule has 0 saturated heterocycles. The fourth-order valence-corrected chi connectivity index (χ4v) is 1.88. The number of nitrogens with one attached hydrogen (secondary N) is 1. The number of ketones is 1. The molecule has 5 nitrogen and oxygen atoms in total. The van der Waals surface area contributed by atoms with Gasteiger partial charge in [-0.25, -0.2) is 10.5 Å². The molecule has 0 spiro atoms. The number of aliphatic hydroxyl groups is 1. The van der Waals surface area contributed by atoms with Crippen molar-refractivity contribution in [3.05, 3.63) is 83.6 Å². The van der Waals surface area contributed by atoms with E-state index in [9.17, 15) is 9.59 Å². The maximum Gasteiger partial charge on any atom is 0.271 e. The molecular weight excluding hydrogens is 395 g/mol. The second-order valence-electron chi connectivity index (χ2n) is 4.99. The van der Waals surface area contributed by atoms with Crippen molar-refractivity contribution in [1.29, 1.82) is 0 Å². The third kappa shape index (κ3) is 9.73. The van der Waals surface area contributed by atoms with Crippen LogP contribution in [0.1, 0.15) is 29.8 Å². The van der Waals surface area contributed by atoms with Crippen LogP contribution in [0.3, 0.4) is 0 Å². The summed E-state index contributed by atoms with van der Waals surface area (Å²) < 4.78 is 0. The third-order valence-electron chi connectivity index (χ3n) is 2.73. The summed E-state index contributed by atoms with van der Waals surface area (Å²) in [5.41, 5.74) is 3.80. The standard InChI is InChI=1S/C14H12N2OS.C5H8O2.Co/c17-13(11-7-3-1-4-8-11)15-16-14(18)12-9-5-2-6-10-12;1-4(6)3-5(2)7;/h1-10H,(H,15,17)(H,16,18);3,6H,1-2H3;/p-1/b;4-3-;. The molecule has 2 aromatic rings. The summed E-state index contributed by atoms with van der Waals surface area (Å²) in [4.78, 5) is 21.7. The Balaban J connectivity index is 0.000000673. The van der Waals surface area contributed by atoms with E-state index in [-0.39, 0.29) is 34.2 Å². The van der Waals surface area contributed by atoms with Gasteiger partial charge in [0, 0.05) is 28.4 Å². The van der Waals surface area contributed by atoms with Crippen LogP contribution in [0.25, 0.3) is 0 Å². The molecule has 0 unspecified atom stereocenters. The molecule has 2 aromatic carbocycles. The molecule has 0 fully saturated rings. The van der Waals surface area contributed by atoms with Crippen LogP contribution in [0.15, 0.2) is 77.6 Å². The van der Waals surface area contributed by atoms with Gasteiger partial charge in [-0.15, -0.1) is 0 Å². The zero-order chi connectivity index (χ0) is 18.7. The van der Waals surface area contributed by atoms with Crippen LogP contribution < -0.4 is 5.43 Å². The minimum Gasteiger partial charge on any atom is -0.758 e. The Morgan fingerprint density at radius 2 is 1.42 bits per heavy atom. The number of hydrogen-bond acceptors (Lipinski definition) is 5. The minimum absolute atomic E-state index is 0. The van der Waals surface area contributed by atoms with Crippen LogP contribution in [0.2, 0.25) is 0 Å². The molecule has 0 aliphatic heterocycles. The van der Waals surface area contributed by atoms with Crippen LogP contribution in [0, 0.1) is 0 Å². The average molecular weight is 414 g/mol. The summed E-state index contributed by atoms with van der Waals surface area (Å²) >= 11 is 5.11. The van der Waals surface area contributed by atoms with Gasteiger partial charge in [0.25, 0.3) is 5.91 Å². The molecule has 0 saturated carbocycles. The summed E-state index contributed by atoms with van der Waals surface area (Å²) in [5, 5.41) is 12.6. The number of carbonyl (C=O) groups is 2. The molecular formula is C19H19CoN2O3S-. The number of benzene rings is 2.